The molecule has 1 N–H and O–H groups in total. The molecule has 2 aromatic rings. The molecule has 0 spiro atoms. The molecule has 2 aromatic carbocycles. The minimum absolute atomic E-state index is 0. The molecule has 1 aliphatic carbocycles. The third kappa shape index (κ3) is 7.25. The van der Waals surface area contributed by atoms with Crippen molar-refractivity contribution in [3.8, 4) is 11.5 Å². The van der Waals surface area contributed by atoms with E-state index in [4.69, 9.17) is 32.7 Å². The zero-order valence-corrected chi connectivity index (χ0v) is 19.2. The lowest BCUT2D eigenvalue weighted by molar-refractivity contribution is 0.269. The Morgan fingerprint density at radius 2 is 1.69 bits per heavy atom. The lowest BCUT2D eigenvalue weighted by atomic mass is 10.1. The molecule has 0 aromatic heterocycles. The largest absolute Gasteiger partial charge is 0.490 e. The van der Waals surface area contributed by atoms with Gasteiger partial charge < -0.3 is 14.8 Å². The minimum Gasteiger partial charge on any atom is -0.490 e. The normalized spacial score (nSPS) is 14.7. The summed E-state index contributed by atoms with van der Waals surface area (Å²) in [5.74, 6) is 1.25. The van der Waals surface area contributed by atoms with Crippen molar-refractivity contribution in [1.82, 2.24) is 5.32 Å². The molecule has 29 heavy (non-hydrogen) atoms. The van der Waals surface area contributed by atoms with Gasteiger partial charge in [-0.2, -0.15) is 0 Å². The summed E-state index contributed by atoms with van der Waals surface area (Å²) in [6, 6.07) is 12.2. The van der Waals surface area contributed by atoms with Crippen LogP contribution in [0, 0.1) is 0 Å². The van der Waals surface area contributed by atoms with Crippen LogP contribution < -0.4 is 14.8 Å². The van der Waals surface area contributed by atoms with E-state index >= 15 is 0 Å². The molecule has 0 atom stereocenters. The predicted molar refractivity (Wildman–Crippen MR) is 124 cm³/mol. The van der Waals surface area contributed by atoms with Gasteiger partial charge in [0.05, 0.1) is 11.6 Å². The fourth-order valence-corrected chi connectivity index (χ4v) is 4.12. The number of hydrogen-bond donors (Lipinski definition) is 1. The van der Waals surface area contributed by atoms with Gasteiger partial charge in [0.1, 0.15) is 6.61 Å². The molecule has 0 heterocycles. The van der Waals surface area contributed by atoms with E-state index < -0.39 is 0 Å². The van der Waals surface area contributed by atoms with Crippen molar-refractivity contribution in [3.63, 3.8) is 0 Å². The highest BCUT2D eigenvalue weighted by atomic mass is 35.5. The quantitative estimate of drug-likeness (QED) is 0.424. The molecular weight excluding hydrogens is 429 g/mol. The van der Waals surface area contributed by atoms with Crippen molar-refractivity contribution >= 4 is 35.6 Å². The van der Waals surface area contributed by atoms with Gasteiger partial charge in [-0.3, -0.25) is 0 Å². The van der Waals surface area contributed by atoms with Crippen LogP contribution >= 0.6 is 35.6 Å². The zero-order chi connectivity index (χ0) is 19.8. The summed E-state index contributed by atoms with van der Waals surface area (Å²) in [7, 11) is 0. The molecule has 0 unspecified atom stereocenters. The first-order chi connectivity index (χ1) is 13.7. The van der Waals surface area contributed by atoms with Gasteiger partial charge in [-0.25, -0.2) is 0 Å². The van der Waals surface area contributed by atoms with Crippen molar-refractivity contribution in [3.05, 3.63) is 57.6 Å². The molecule has 160 valence electrons. The Kier molecular flexibility index (Phi) is 10.4. The number of halogens is 3. The van der Waals surface area contributed by atoms with E-state index in [-0.39, 0.29) is 12.4 Å². The second-order valence-corrected chi connectivity index (χ2v) is 8.10. The summed E-state index contributed by atoms with van der Waals surface area (Å²) < 4.78 is 11.8. The van der Waals surface area contributed by atoms with Crippen LogP contribution in [0.2, 0.25) is 10.0 Å². The SMILES string of the molecule is CCOc1cc(CNC2CCCCCC2)cc(Cl)c1OCc1ccccc1Cl.Cl. The highest BCUT2D eigenvalue weighted by Crippen LogP contribution is 2.37. The fourth-order valence-electron chi connectivity index (χ4n) is 3.64. The van der Waals surface area contributed by atoms with E-state index in [1.807, 2.05) is 43.3 Å². The van der Waals surface area contributed by atoms with Gasteiger partial charge in [-0.15, -0.1) is 12.4 Å². The van der Waals surface area contributed by atoms with Crippen molar-refractivity contribution in [2.24, 2.45) is 0 Å². The Morgan fingerprint density at radius 3 is 2.38 bits per heavy atom. The number of nitrogens with one attached hydrogen (secondary N) is 1. The predicted octanol–water partition coefficient (Wildman–Crippen LogP) is 7.21. The Labute approximate surface area is 190 Å². The van der Waals surface area contributed by atoms with Crippen LogP contribution in [0.25, 0.3) is 0 Å². The van der Waals surface area contributed by atoms with Crippen LogP contribution in [0.5, 0.6) is 11.5 Å². The number of rotatable bonds is 8. The summed E-state index contributed by atoms with van der Waals surface area (Å²) in [5, 5.41) is 4.93. The molecule has 1 aliphatic rings. The maximum absolute atomic E-state index is 6.56. The van der Waals surface area contributed by atoms with Crippen molar-refractivity contribution in [2.45, 2.75) is 64.6 Å². The average Bonchev–Trinajstić information content (AvgIpc) is 2.96. The van der Waals surface area contributed by atoms with Gasteiger partial charge in [0, 0.05) is 23.2 Å². The lowest BCUT2D eigenvalue weighted by Crippen LogP contribution is -2.27. The van der Waals surface area contributed by atoms with Crippen LogP contribution in [0.3, 0.4) is 0 Å². The van der Waals surface area contributed by atoms with E-state index in [2.05, 4.69) is 5.32 Å². The first-order valence-corrected chi connectivity index (χ1v) is 11.0. The lowest BCUT2D eigenvalue weighted by Gasteiger charge is -2.19. The Balaban J connectivity index is 0.00000300. The van der Waals surface area contributed by atoms with Gasteiger partial charge in [0.25, 0.3) is 0 Å². The molecule has 0 amide bonds. The number of ether oxygens (including phenoxy) is 2. The molecule has 0 bridgehead atoms. The smallest absolute Gasteiger partial charge is 0.180 e. The van der Waals surface area contributed by atoms with Crippen molar-refractivity contribution < 1.29 is 9.47 Å². The fraction of sp³-hybridized carbons (Fsp3) is 0.478. The first-order valence-electron chi connectivity index (χ1n) is 10.2. The summed E-state index contributed by atoms with van der Waals surface area (Å²) in [5.41, 5.74) is 2.03. The maximum Gasteiger partial charge on any atom is 0.180 e. The molecule has 3 nitrogen and oxygen atoms in total. The van der Waals surface area contributed by atoms with Crippen molar-refractivity contribution in [2.75, 3.05) is 6.61 Å². The van der Waals surface area contributed by atoms with E-state index in [0.29, 0.717) is 40.8 Å². The molecule has 0 aliphatic heterocycles. The molecule has 6 heteroatoms. The van der Waals surface area contributed by atoms with Gasteiger partial charge in [-0.05, 0) is 43.5 Å². The maximum atomic E-state index is 6.56. The monoisotopic (exact) mass is 457 g/mol. The topological polar surface area (TPSA) is 30.5 Å². The second-order valence-electron chi connectivity index (χ2n) is 7.29. The minimum atomic E-state index is 0. The van der Waals surface area contributed by atoms with Crippen LogP contribution in [0.1, 0.15) is 56.6 Å². The van der Waals surface area contributed by atoms with Gasteiger partial charge in [0.2, 0.25) is 0 Å². The van der Waals surface area contributed by atoms with Crippen LogP contribution in [-0.4, -0.2) is 12.6 Å². The van der Waals surface area contributed by atoms with E-state index in [1.54, 1.807) is 0 Å². The van der Waals surface area contributed by atoms with Crippen LogP contribution in [0.15, 0.2) is 36.4 Å². The summed E-state index contributed by atoms with van der Waals surface area (Å²) in [4.78, 5) is 0. The average molecular weight is 459 g/mol. The van der Waals surface area contributed by atoms with Crippen LogP contribution in [-0.2, 0) is 13.2 Å². The highest BCUT2D eigenvalue weighted by Gasteiger charge is 2.16. The summed E-state index contributed by atoms with van der Waals surface area (Å²) >= 11 is 12.8. The molecule has 1 fully saturated rings. The first kappa shape index (κ1) is 24.1. The third-order valence-electron chi connectivity index (χ3n) is 5.15. The van der Waals surface area contributed by atoms with Crippen molar-refractivity contribution in [1.29, 1.82) is 0 Å². The van der Waals surface area contributed by atoms with E-state index in [0.717, 1.165) is 17.7 Å². The highest BCUT2D eigenvalue weighted by molar-refractivity contribution is 6.32. The number of hydrogen-bond acceptors (Lipinski definition) is 3. The number of benzene rings is 2. The Morgan fingerprint density at radius 1 is 0.966 bits per heavy atom. The Hall–Kier alpha value is -1.13. The van der Waals surface area contributed by atoms with Gasteiger partial charge in [-0.1, -0.05) is 67.1 Å². The van der Waals surface area contributed by atoms with Crippen LogP contribution in [0.4, 0.5) is 0 Å². The molecule has 1 saturated carbocycles. The van der Waals surface area contributed by atoms with Gasteiger partial charge >= 0.3 is 0 Å². The summed E-state index contributed by atoms with van der Waals surface area (Å²) in [6.45, 7) is 3.65. The Bertz CT molecular complexity index is 762. The summed E-state index contributed by atoms with van der Waals surface area (Å²) in [6.07, 6.45) is 7.86. The van der Waals surface area contributed by atoms with Gasteiger partial charge in [0.15, 0.2) is 11.5 Å². The molecule has 3 rings (SSSR count). The molecular formula is C23H30Cl3NO2. The zero-order valence-electron chi connectivity index (χ0n) is 16.9. The van der Waals surface area contributed by atoms with E-state index in [1.165, 1.54) is 38.5 Å². The second kappa shape index (κ2) is 12.5. The van der Waals surface area contributed by atoms with E-state index in [9.17, 15) is 0 Å². The third-order valence-corrected chi connectivity index (χ3v) is 5.80. The molecule has 0 radical (unpaired) electrons. The molecule has 0 saturated heterocycles. The standard InChI is InChI=1S/C23H29Cl2NO2.ClH/c1-2-27-22-14-17(15-26-19-10-5-3-4-6-11-19)13-21(25)23(22)28-16-18-9-7-8-12-20(18)24;/h7-9,12-14,19,26H,2-6,10-11,15-16H2,1H3;1H.